The number of aliphatic hydroxyl groups excluding tert-OH is 1. The van der Waals surface area contributed by atoms with Crippen LogP contribution in [0, 0.1) is 11.6 Å². The average Bonchev–Trinajstić information content (AvgIpc) is 2.51. The van der Waals surface area contributed by atoms with Crippen LogP contribution in [-0.4, -0.2) is 10.1 Å². The lowest BCUT2D eigenvalue weighted by Gasteiger charge is -2.14. The van der Waals surface area contributed by atoms with Crippen LogP contribution in [0.4, 0.5) is 8.78 Å². The van der Waals surface area contributed by atoms with Crippen LogP contribution in [-0.2, 0) is 0 Å². The van der Waals surface area contributed by atoms with E-state index in [0.717, 1.165) is 17.0 Å². The van der Waals surface area contributed by atoms with Crippen molar-refractivity contribution in [1.29, 1.82) is 0 Å². The highest BCUT2D eigenvalue weighted by atomic mass is 79.9. The van der Waals surface area contributed by atoms with Gasteiger partial charge in [0.25, 0.3) is 0 Å². The topological polar surface area (TPSA) is 33.1 Å². The van der Waals surface area contributed by atoms with Crippen molar-refractivity contribution in [3.05, 3.63) is 75.9 Å². The van der Waals surface area contributed by atoms with Gasteiger partial charge in [-0.25, -0.2) is 8.78 Å². The Morgan fingerprint density at radius 3 is 2.71 bits per heavy atom. The second-order valence-corrected chi connectivity index (χ2v) is 5.47. The minimum atomic E-state index is -1.38. The molecule has 0 fully saturated rings. The maximum absolute atomic E-state index is 14.1. The summed E-state index contributed by atoms with van der Waals surface area (Å²) < 4.78 is 28.0. The first-order chi connectivity index (χ1) is 10.1. The summed E-state index contributed by atoms with van der Waals surface area (Å²) in [7, 11) is 0. The SMILES string of the molecule is OC(c1ccc2ncccc2c1)c1c(F)ccc(Br)c1F. The number of benzene rings is 2. The summed E-state index contributed by atoms with van der Waals surface area (Å²) in [5.74, 6) is -1.58. The number of rotatable bonds is 2. The summed E-state index contributed by atoms with van der Waals surface area (Å²) in [4.78, 5) is 4.17. The Balaban J connectivity index is 2.12. The summed E-state index contributed by atoms with van der Waals surface area (Å²) in [6, 6.07) is 11.0. The van der Waals surface area contributed by atoms with Crippen molar-refractivity contribution < 1.29 is 13.9 Å². The highest BCUT2D eigenvalue weighted by Crippen LogP contribution is 2.31. The number of fused-ring (bicyclic) bond motifs is 1. The van der Waals surface area contributed by atoms with E-state index in [1.165, 1.54) is 6.07 Å². The van der Waals surface area contributed by atoms with Gasteiger partial charge in [0.05, 0.1) is 15.6 Å². The number of aliphatic hydroxyl groups is 1. The molecule has 0 saturated carbocycles. The van der Waals surface area contributed by atoms with Gasteiger partial charge in [0.1, 0.15) is 17.7 Å². The Kier molecular flexibility index (Phi) is 3.69. The Bertz CT molecular complexity index is 822. The largest absolute Gasteiger partial charge is 0.383 e. The number of hydrogen-bond donors (Lipinski definition) is 1. The van der Waals surface area contributed by atoms with Gasteiger partial charge in [0.15, 0.2) is 0 Å². The highest BCUT2D eigenvalue weighted by Gasteiger charge is 2.21. The van der Waals surface area contributed by atoms with Gasteiger partial charge in [-0.2, -0.15) is 0 Å². The van der Waals surface area contributed by atoms with Gasteiger partial charge in [-0.3, -0.25) is 4.98 Å². The summed E-state index contributed by atoms with van der Waals surface area (Å²) in [5.41, 5.74) is 0.794. The molecule has 1 N–H and O–H groups in total. The number of aromatic nitrogens is 1. The van der Waals surface area contributed by atoms with Gasteiger partial charge in [0, 0.05) is 11.6 Å². The van der Waals surface area contributed by atoms with Gasteiger partial charge < -0.3 is 5.11 Å². The number of halogens is 3. The molecule has 0 aliphatic heterocycles. The molecule has 1 atom stereocenters. The fourth-order valence-corrected chi connectivity index (χ4v) is 2.57. The average molecular weight is 350 g/mol. The van der Waals surface area contributed by atoms with Crippen molar-refractivity contribution in [1.82, 2.24) is 4.98 Å². The van der Waals surface area contributed by atoms with Crippen molar-refractivity contribution in [2.45, 2.75) is 6.10 Å². The van der Waals surface area contributed by atoms with Crippen molar-refractivity contribution in [2.24, 2.45) is 0 Å². The Hall–Kier alpha value is -1.85. The minimum Gasteiger partial charge on any atom is -0.383 e. The molecule has 1 aromatic heterocycles. The van der Waals surface area contributed by atoms with Gasteiger partial charge in [-0.1, -0.05) is 12.1 Å². The normalized spacial score (nSPS) is 12.6. The van der Waals surface area contributed by atoms with Crippen LogP contribution >= 0.6 is 15.9 Å². The maximum Gasteiger partial charge on any atom is 0.146 e. The van der Waals surface area contributed by atoms with E-state index in [1.54, 1.807) is 30.5 Å². The number of hydrogen-bond acceptors (Lipinski definition) is 2. The first-order valence-corrected chi connectivity index (χ1v) is 7.03. The molecule has 3 aromatic rings. The second-order valence-electron chi connectivity index (χ2n) is 4.61. The van der Waals surface area contributed by atoms with E-state index in [2.05, 4.69) is 20.9 Å². The molecule has 0 aliphatic carbocycles. The van der Waals surface area contributed by atoms with Gasteiger partial charge in [-0.05, 0) is 51.8 Å². The smallest absolute Gasteiger partial charge is 0.146 e. The van der Waals surface area contributed by atoms with Gasteiger partial charge in [-0.15, -0.1) is 0 Å². The van der Waals surface area contributed by atoms with Crippen LogP contribution < -0.4 is 0 Å². The zero-order valence-electron chi connectivity index (χ0n) is 10.7. The van der Waals surface area contributed by atoms with E-state index in [1.807, 2.05) is 6.07 Å². The van der Waals surface area contributed by atoms with E-state index in [4.69, 9.17) is 0 Å². The molecule has 0 radical (unpaired) electrons. The lowest BCUT2D eigenvalue weighted by molar-refractivity contribution is 0.209. The van der Waals surface area contributed by atoms with Crippen LogP contribution in [0.1, 0.15) is 17.2 Å². The molecular formula is C16H10BrF2NO. The van der Waals surface area contributed by atoms with Gasteiger partial charge in [0.2, 0.25) is 0 Å². The van der Waals surface area contributed by atoms with E-state index < -0.39 is 17.7 Å². The Morgan fingerprint density at radius 2 is 1.90 bits per heavy atom. The molecule has 0 bridgehead atoms. The second kappa shape index (κ2) is 5.50. The van der Waals surface area contributed by atoms with Crippen molar-refractivity contribution >= 4 is 26.8 Å². The lowest BCUT2D eigenvalue weighted by atomic mass is 9.99. The predicted octanol–water partition coefficient (Wildman–Crippen LogP) is 4.36. The van der Waals surface area contributed by atoms with Crippen LogP contribution in [0.25, 0.3) is 10.9 Å². The number of nitrogens with zero attached hydrogens (tertiary/aromatic N) is 1. The minimum absolute atomic E-state index is 0.111. The summed E-state index contributed by atoms with van der Waals surface area (Å²) >= 11 is 3.00. The van der Waals surface area contributed by atoms with Crippen molar-refractivity contribution in [3.8, 4) is 0 Å². The Morgan fingerprint density at radius 1 is 1.10 bits per heavy atom. The molecule has 0 amide bonds. The molecule has 2 nitrogen and oxygen atoms in total. The van der Waals surface area contributed by atoms with Crippen LogP contribution in [0.2, 0.25) is 0 Å². The first kappa shape index (κ1) is 14.1. The molecule has 5 heteroatoms. The third-order valence-electron chi connectivity index (χ3n) is 3.30. The molecule has 0 aliphatic rings. The lowest BCUT2D eigenvalue weighted by Crippen LogP contribution is -2.06. The summed E-state index contributed by atoms with van der Waals surface area (Å²) in [6.45, 7) is 0. The monoisotopic (exact) mass is 349 g/mol. The zero-order chi connectivity index (χ0) is 15.0. The highest BCUT2D eigenvalue weighted by molar-refractivity contribution is 9.10. The number of pyridine rings is 1. The molecular weight excluding hydrogens is 340 g/mol. The third-order valence-corrected chi connectivity index (χ3v) is 3.91. The molecule has 0 spiro atoms. The molecule has 2 aromatic carbocycles. The summed E-state index contributed by atoms with van der Waals surface area (Å²) in [6.07, 6.45) is 0.276. The standard InChI is InChI=1S/C16H10BrF2NO/c17-11-4-5-12(18)14(15(11)19)16(21)10-3-6-13-9(8-10)2-1-7-20-13/h1-8,16,21H. The van der Waals surface area contributed by atoms with Crippen molar-refractivity contribution in [2.75, 3.05) is 0 Å². The molecule has 1 unspecified atom stereocenters. The van der Waals surface area contributed by atoms with E-state index >= 15 is 0 Å². The summed E-state index contributed by atoms with van der Waals surface area (Å²) in [5, 5.41) is 11.1. The van der Waals surface area contributed by atoms with Crippen LogP contribution in [0.3, 0.4) is 0 Å². The molecule has 3 rings (SSSR count). The fraction of sp³-hybridized carbons (Fsp3) is 0.0625. The van der Waals surface area contributed by atoms with E-state index in [9.17, 15) is 13.9 Å². The van der Waals surface area contributed by atoms with Gasteiger partial charge >= 0.3 is 0 Å². The molecule has 1 heterocycles. The quantitative estimate of drug-likeness (QED) is 0.697. The van der Waals surface area contributed by atoms with E-state index in [0.29, 0.717) is 5.56 Å². The maximum atomic E-state index is 14.1. The first-order valence-electron chi connectivity index (χ1n) is 6.24. The van der Waals surface area contributed by atoms with E-state index in [-0.39, 0.29) is 10.0 Å². The molecule has 21 heavy (non-hydrogen) atoms. The fourth-order valence-electron chi connectivity index (χ4n) is 2.22. The predicted molar refractivity (Wildman–Crippen MR) is 79.9 cm³/mol. The van der Waals surface area contributed by atoms with Crippen molar-refractivity contribution in [3.63, 3.8) is 0 Å². The van der Waals surface area contributed by atoms with Crippen LogP contribution in [0.15, 0.2) is 53.1 Å². The zero-order valence-corrected chi connectivity index (χ0v) is 12.3. The third kappa shape index (κ3) is 2.54. The molecule has 106 valence electrons. The molecule has 0 saturated heterocycles. The van der Waals surface area contributed by atoms with Crippen LogP contribution in [0.5, 0.6) is 0 Å². The Labute approximate surface area is 128 Å².